The molecule has 1 rings (SSSR count). The topological polar surface area (TPSA) is 127 Å². The van der Waals surface area contributed by atoms with Gasteiger partial charge in [0.05, 0.1) is 17.3 Å². The third kappa shape index (κ3) is 6.62. The standard InChI is InChI=1S/C8H6O4.C4H12N2/c9-7(10)5-2-1-3-6(4-5)8(11)12;1-2-3-4(5)6/h1-4H,(H,9,10)(H,11,12);4H,2-3,5-6H2,1H3. The van der Waals surface area contributed by atoms with Gasteiger partial charge in [-0.1, -0.05) is 19.4 Å². The third-order valence-corrected chi connectivity index (χ3v) is 1.98. The molecular weight excluding hydrogens is 236 g/mol. The van der Waals surface area contributed by atoms with Crippen molar-refractivity contribution in [1.82, 2.24) is 0 Å². The molecule has 0 radical (unpaired) electrons. The lowest BCUT2D eigenvalue weighted by Crippen LogP contribution is -2.29. The number of nitrogens with two attached hydrogens (primary N) is 2. The van der Waals surface area contributed by atoms with Crippen LogP contribution < -0.4 is 11.5 Å². The molecule has 0 atom stereocenters. The van der Waals surface area contributed by atoms with Crippen molar-refractivity contribution in [1.29, 1.82) is 0 Å². The van der Waals surface area contributed by atoms with Crippen LogP contribution in [0.5, 0.6) is 0 Å². The highest BCUT2D eigenvalue weighted by molar-refractivity contribution is 5.93. The van der Waals surface area contributed by atoms with Gasteiger partial charge in [0.15, 0.2) is 0 Å². The quantitative estimate of drug-likeness (QED) is 0.596. The molecule has 0 aliphatic rings. The molecule has 6 N–H and O–H groups in total. The third-order valence-electron chi connectivity index (χ3n) is 1.98. The van der Waals surface area contributed by atoms with Gasteiger partial charge in [-0.05, 0) is 24.6 Å². The van der Waals surface area contributed by atoms with Crippen molar-refractivity contribution in [3.05, 3.63) is 35.4 Å². The Morgan fingerprint density at radius 2 is 1.61 bits per heavy atom. The summed E-state index contributed by atoms with van der Waals surface area (Å²) in [7, 11) is 0. The van der Waals surface area contributed by atoms with E-state index in [2.05, 4.69) is 6.92 Å². The molecule has 0 heterocycles. The maximum Gasteiger partial charge on any atom is 0.335 e. The van der Waals surface area contributed by atoms with E-state index in [9.17, 15) is 9.59 Å². The molecule has 0 fully saturated rings. The van der Waals surface area contributed by atoms with E-state index in [1.807, 2.05) is 0 Å². The Bertz CT molecular complexity index is 376. The van der Waals surface area contributed by atoms with Crippen LogP contribution in [0.3, 0.4) is 0 Å². The first-order valence-electron chi connectivity index (χ1n) is 5.46. The number of aromatic carboxylic acids is 2. The summed E-state index contributed by atoms with van der Waals surface area (Å²) < 4.78 is 0. The van der Waals surface area contributed by atoms with E-state index < -0.39 is 11.9 Å². The predicted molar refractivity (Wildman–Crippen MR) is 67.4 cm³/mol. The lowest BCUT2D eigenvalue weighted by Gasteiger charge is -1.97. The van der Waals surface area contributed by atoms with Gasteiger partial charge < -0.3 is 21.7 Å². The number of benzene rings is 1. The molecule has 6 nitrogen and oxygen atoms in total. The van der Waals surface area contributed by atoms with Crippen LogP contribution in [-0.2, 0) is 0 Å². The van der Waals surface area contributed by atoms with Gasteiger partial charge in [-0.15, -0.1) is 0 Å². The van der Waals surface area contributed by atoms with E-state index in [1.165, 1.54) is 18.2 Å². The summed E-state index contributed by atoms with van der Waals surface area (Å²) in [6.45, 7) is 2.06. The Morgan fingerprint density at radius 3 is 1.83 bits per heavy atom. The van der Waals surface area contributed by atoms with E-state index >= 15 is 0 Å². The summed E-state index contributed by atoms with van der Waals surface area (Å²) in [6.07, 6.45) is 1.91. The van der Waals surface area contributed by atoms with Crippen molar-refractivity contribution in [2.45, 2.75) is 25.9 Å². The second-order valence-corrected chi connectivity index (χ2v) is 3.64. The molecule has 0 aliphatic heterocycles. The Hall–Kier alpha value is -1.92. The van der Waals surface area contributed by atoms with Gasteiger partial charge in [0.2, 0.25) is 0 Å². The zero-order chi connectivity index (χ0) is 14.1. The largest absolute Gasteiger partial charge is 0.478 e. The first-order valence-corrected chi connectivity index (χ1v) is 5.46. The molecule has 6 heteroatoms. The first kappa shape index (κ1) is 16.1. The molecule has 0 aromatic heterocycles. The smallest absolute Gasteiger partial charge is 0.335 e. The maximum atomic E-state index is 10.4. The summed E-state index contributed by atoms with van der Waals surface area (Å²) in [5.41, 5.74) is 10.3. The predicted octanol–water partition coefficient (Wildman–Crippen LogP) is 1.11. The van der Waals surface area contributed by atoms with Gasteiger partial charge in [-0.3, -0.25) is 0 Å². The monoisotopic (exact) mass is 254 g/mol. The van der Waals surface area contributed by atoms with E-state index in [0.29, 0.717) is 0 Å². The Kier molecular flexibility index (Phi) is 7.34. The molecule has 0 saturated carbocycles. The second kappa shape index (κ2) is 8.21. The van der Waals surface area contributed by atoms with Crippen LogP contribution in [0, 0.1) is 0 Å². The average molecular weight is 254 g/mol. The fourth-order valence-electron chi connectivity index (χ4n) is 1.12. The number of carbonyl (C=O) groups is 2. The number of carboxylic acids is 2. The lowest BCUT2D eigenvalue weighted by atomic mass is 10.1. The highest BCUT2D eigenvalue weighted by Gasteiger charge is 2.06. The van der Waals surface area contributed by atoms with Crippen molar-refractivity contribution >= 4 is 11.9 Å². The van der Waals surface area contributed by atoms with E-state index in [-0.39, 0.29) is 17.3 Å². The molecule has 0 bridgehead atoms. The zero-order valence-corrected chi connectivity index (χ0v) is 10.2. The van der Waals surface area contributed by atoms with Gasteiger partial charge in [-0.25, -0.2) is 9.59 Å². The van der Waals surface area contributed by atoms with Crippen LogP contribution in [0.2, 0.25) is 0 Å². The normalized spacial score (nSPS) is 9.56. The Morgan fingerprint density at radius 1 is 1.17 bits per heavy atom. The number of hydrogen-bond donors (Lipinski definition) is 4. The summed E-state index contributed by atoms with van der Waals surface area (Å²) >= 11 is 0. The molecule has 100 valence electrons. The van der Waals surface area contributed by atoms with E-state index in [0.717, 1.165) is 18.9 Å². The van der Waals surface area contributed by atoms with Crippen LogP contribution in [0.4, 0.5) is 0 Å². The minimum atomic E-state index is -1.13. The molecule has 18 heavy (non-hydrogen) atoms. The maximum absolute atomic E-state index is 10.4. The molecule has 1 aromatic rings. The van der Waals surface area contributed by atoms with Crippen molar-refractivity contribution in [2.24, 2.45) is 11.5 Å². The molecule has 0 saturated heterocycles. The van der Waals surface area contributed by atoms with Gasteiger partial charge in [0.25, 0.3) is 0 Å². The van der Waals surface area contributed by atoms with Crippen molar-refractivity contribution in [3.63, 3.8) is 0 Å². The zero-order valence-electron chi connectivity index (χ0n) is 10.2. The Labute approximate surface area is 105 Å². The van der Waals surface area contributed by atoms with Gasteiger partial charge >= 0.3 is 11.9 Å². The molecule has 0 aliphatic carbocycles. The number of carboxylic acid groups (broad SMARTS) is 2. The highest BCUT2D eigenvalue weighted by Crippen LogP contribution is 2.04. The molecule has 1 aromatic carbocycles. The summed E-state index contributed by atoms with van der Waals surface area (Å²) in [4.78, 5) is 20.8. The van der Waals surface area contributed by atoms with Crippen molar-refractivity contribution in [3.8, 4) is 0 Å². The molecular formula is C12H18N2O4. The summed E-state index contributed by atoms with van der Waals surface area (Å²) in [6, 6.07) is 5.20. The summed E-state index contributed by atoms with van der Waals surface area (Å²) in [5, 5.41) is 17.0. The fourth-order valence-corrected chi connectivity index (χ4v) is 1.12. The highest BCUT2D eigenvalue weighted by atomic mass is 16.4. The minimum Gasteiger partial charge on any atom is -0.478 e. The molecule has 0 spiro atoms. The molecule has 0 unspecified atom stereocenters. The van der Waals surface area contributed by atoms with E-state index in [1.54, 1.807) is 0 Å². The fraction of sp³-hybridized carbons (Fsp3) is 0.333. The van der Waals surface area contributed by atoms with Crippen LogP contribution in [0.25, 0.3) is 0 Å². The SMILES string of the molecule is CCCC(N)N.O=C(O)c1cccc(C(=O)O)c1. The lowest BCUT2D eigenvalue weighted by molar-refractivity contribution is 0.0696. The average Bonchev–Trinajstić information content (AvgIpc) is 2.29. The van der Waals surface area contributed by atoms with Crippen LogP contribution in [-0.4, -0.2) is 28.3 Å². The summed E-state index contributed by atoms with van der Waals surface area (Å²) in [5.74, 6) is -2.25. The minimum absolute atomic E-state index is 0.0186. The molecule has 0 amide bonds. The first-order chi connectivity index (χ1) is 8.38. The number of hydrogen-bond acceptors (Lipinski definition) is 4. The second-order valence-electron chi connectivity index (χ2n) is 3.64. The van der Waals surface area contributed by atoms with Crippen LogP contribution in [0.1, 0.15) is 40.5 Å². The van der Waals surface area contributed by atoms with Crippen LogP contribution >= 0.6 is 0 Å². The Balaban J connectivity index is 0.000000411. The van der Waals surface area contributed by atoms with Gasteiger partial charge in [-0.2, -0.15) is 0 Å². The van der Waals surface area contributed by atoms with Crippen molar-refractivity contribution in [2.75, 3.05) is 0 Å². The van der Waals surface area contributed by atoms with Gasteiger partial charge in [0.1, 0.15) is 0 Å². The number of rotatable bonds is 4. The van der Waals surface area contributed by atoms with Gasteiger partial charge in [0, 0.05) is 0 Å². The van der Waals surface area contributed by atoms with Crippen LogP contribution in [0.15, 0.2) is 24.3 Å². The van der Waals surface area contributed by atoms with E-state index in [4.69, 9.17) is 21.7 Å². The van der Waals surface area contributed by atoms with Crippen molar-refractivity contribution < 1.29 is 19.8 Å².